The molecule has 0 bridgehead atoms. The molecule has 61 valence electrons. The molecule has 0 aliphatic heterocycles. The van der Waals surface area contributed by atoms with Crippen LogP contribution in [0.2, 0.25) is 0 Å². The molecule has 0 aromatic heterocycles. The van der Waals surface area contributed by atoms with Gasteiger partial charge in [0.1, 0.15) is 0 Å². The third kappa shape index (κ3) is 7.96. The summed E-state index contributed by atoms with van der Waals surface area (Å²) in [5.41, 5.74) is 0. The fourth-order valence-electron chi connectivity index (χ4n) is 0.789. The van der Waals surface area contributed by atoms with E-state index in [-0.39, 0.29) is 0 Å². The van der Waals surface area contributed by atoms with Crippen molar-refractivity contribution in [3.63, 3.8) is 0 Å². The van der Waals surface area contributed by atoms with Gasteiger partial charge in [0.15, 0.2) is 0 Å². The zero-order valence-electron chi connectivity index (χ0n) is 7.32. The molecule has 0 spiro atoms. The molecule has 0 amide bonds. The highest BCUT2D eigenvalue weighted by Gasteiger charge is 1.86. The van der Waals surface area contributed by atoms with E-state index in [4.69, 9.17) is 0 Å². The minimum absolute atomic E-state index is 1.15. The molecule has 1 N–H and O–H groups in total. The molecule has 0 heterocycles. The van der Waals surface area contributed by atoms with E-state index in [1.54, 1.807) is 0 Å². The number of nitrogens with one attached hydrogen (secondary N) is 1. The summed E-state index contributed by atoms with van der Waals surface area (Å²) in [5.74, 6) is 0. The first-order chi connectivity index (χ1) is 4.91. The lowest BCUT2D eigenvalue weighted by Gasteiger charge is -2.00. The summed E-state index contributed by atoms with van der Waals surface area (Å²) in [7, 11) is 0. The van der Waals surface area contributed by atoms with Crippen molar-refractivity contribution in [2.45, 2.75) is 46.0 Å². The number of hydrogen-bond acceptors (Lipinski definition) is 1. The van der Waals surface area contributed by atoms with E-state index in [1.165, 1.54) is 32.1 Å². The van der Waals surface area contributed by atoms with Gasteiger partial charge in [0, 0.05) is 6.54 Å². The summed E-state index contributed by atoms with van der Waals surface area (Å²) in [6, 6.07) is 0. The average molecular weight is 142 g/mol. The van der Waals surface area contributed by atoms with Gasteiger partial charge >= 0.3 is 0 Å². The molecule has 1 heteroatoms. The zero-order chi connectivity index (χ0) is 7.66. The first kappa shape index (κ1) is 9.96. The van der Waals surface area contributed by atoms with E-state index >= 15 is 0 Å². The fraction of sp³-hybridized carbons (Fsp3) is 0.889. The van der Waals surface area contributed by atoms with Crippen LogP contribution in [-0.2, 0) is 0 Å². The fourth-order valence-corrected chi connectivity index (χ4v) is 0.789. The molecule has 0 fully saturated rings. The predicted octanol–water partition coefficient (Wildman–Crippen LogP) is 2.73. The van der Waals surface area contributed by atoms with Gasteiger partial charge in [-0.2, -0.15) is 0 Å². The van der Waals surface area contributed by atoms with Crippen LogP contribution in [0.25, 0.3) is 0 Å². The highest BCUT2D eigenvalue weighted by atomic mass is 14.8. The molecule has 0 rings (SSSR count). The van der Waals surface area contributed by atoms with Crippen molar-refractivity contribution in [1.82, 2.24) is 5.32 Å². The molecule has 0 aliphatic rings. The van der Waals surface area contributed by atoms with Crippen molar-refractivity contribution >= 4 is 0 Å². The van der Waals surface area contributed by atoms with Crippen LogP contribution in [0.4, 0.5) is 0 Å². The molecule has 0 atom stereocenters. The normalized spacial score (nSPS) is 10.2. The van der Waals surface area contributed by atoms with Gasteiger partial charge in [0.05, 0.1) is 0 Å². The van der Waals surface area contributed by atoms with Gasteiger partial charge in [-0.25, -0.2) is 0 Å². The van der Waals surface area contributed by atoms with Crippen LogP contribution in [0.1, 0.15) is 46.0 Å². The first-order valence-corrected chi connectivity index (χ1v) is 4.46. The summed E-state index contributed by atoms with van der Waals surface area (Å²) in [6.45, 7) is 7.78. The molecular formula is C9H20N. The highest BCUT2D eigenvalue weighted by Crippen LogP contribution is 1.94. The molecule has 0 unspecified atom stereocenters. The predicted molar refractivity (Wildman–Crippen MR) is 46.7 cm³/mol. The molecule has 1 radical (unpaired) electrons. The van der Waals surface area contributed by atoms with Gasteiger partial charge in [0.2, 0.25) is 0 Å². The van der Waals surface area contributed by atoms with Gasteiger partial charge in [-0.15, -0.1) is 0 Å². The smallest absolute Gasteiger partial charge is 0.0221 e. The van der Waals surface area contributed by atoms with Crippen molar-refractivity contribution in [3.05, 3.63) is 6.54 Å². The van der Waals surface area contributed by atoms with Crippen LogP contribution in [0.15, 0.2) is 0 Å². The monoisotopic (exact) mass is 142 g/mol. The lowest BCUT2D eigenvalue weighted by molar-refractivity contribution is 0.656. The average Bonchev–Trinajstić information content (AvgIpc) is 1.97. The Labute approximate surface area is 65.2 Å². The largest absolute Gasteiger partial charge is 0.312 e. The number of hydrogen-bond donors (Lipinski definition) is 1. The quantitative estimate of drug-likeness (QED) is 0.539. The maximum absolute atomic E-state index is 3.30. The summed E-state index contributed by atoms with van der Waals surface area (Å²) in [6.07, 6.45) is 6.42. The van der Waals surface area contributed by atoms with E-state index in [0.717, 1.165) is 6.54 Å². The number of rotatable bonds is 7. The Morgan fingerprint density at radius 1 is 1.10 bits per heavy atom. The standard InChI is InChI=1S/C9H20N/c1-3-5-7-9-10-8-6-4-2/h9-10H,3-8H2,1-2H3. The summed E-state index contributed by atoms with van der Waals surface area (Å²) in [4.78, 5) is 0. The van der Waals surface area contributed by atoms with Crippen molar-refractivity contribution < 1.29 is 0 Å². The second-order valence-corrected chi connectivity index (χ2v) is 2.65. The second-order valence-electron chi connectivity index (χ2n) is 2.65. The van der Waals surface area contributed by atoms with Crippen LogP contribution in [0, 0.1) is 6.54 Å². The minimum Gasteiger partial charge on any atom is -0.312 e. The number of unbranched alkanes of at least 4 members (excludes halogenated alkanes) is 3. The van der Waals surface area contributed by atoms with E-state index in [9.17, 15) is 0 Å². The van der Waals surface area contributed by atoms with Crippen molar-refractivity contribution in [2.24, 2.45) is 0 Å². The second kappa shape index (κ2) is 8.96. The lowest BCUT2D eigenvalue weighted by Crippen LogP contribution is -2.10. The molecule has 10 heavy (non-hydrogen) atoms. The zero-order valence-corrected chi connectivity index (χ0v) is 7.32. The lowest BCUT2D eigenvalue weighted by atomic mass is 10.2. The third-order valence-electron chi connectivity index (χ3n) is 1.52. The summed E-state index contributed by atoms with van der Waals surface area (Å²) in [5, 5.41) is 3.30. The minimum atomic E-state index is 1.15. The Balaban J connectivity index is 2.65. The Bertz CT molecular complexity index is 44.7. The first-order valence-electron chi connectivity index (χ1n) is 4.46. The van der Waals surface area contributed by atoms with Crippen molar-refractivity contribution in [2.75, 3.05) is 6.54 Å². The SMILES string of the molecule is CCCC[CH]NCCCC. The molecular weight excluding hydrogens is 122 g/mol. The Hall–Kier alpha value is -0.0400. The van der Waals surface area contributed by atoms with E-state index in [0.29, 0.717) is 0 Å². The molecule has 0 saturated carbocycles. The van der Waals surface area contributed by atoms with Gasteiger partial charge in [-0.1, -0.05) is 33.1 Å². The van der Waals surface area contributed by atoms with Crippen molar-refractivity contribution in [3.8, 4) is 0 Å². The summed E-state index contributed by atoms with van der Waals surface area (Å²) < 4.78 is 0. The summed E-state index contributed by atoms with van der Waals surface area (Å²) >= 11 is 0. The van der Waals surface area contributed by atoms with Crippen LogP contribution < -0.4 is 5.32 Å². The molecule has 0 saturated heterocycles. The van der Waals surface area contributed by atoms with Gasteiger partial charge < -0.3 is 5.32 Å². The molecule has 0 aliphatic carbocycles. The van der Waals surface area contributed by atoms with E-state index < -0.39 is 0 Å². The van der Waals surface area contributed by atoms with E-state index in [2.05, 4.69) is 25.7 Å². The van der Waals surface area contributed by atoms with Crippen LogP contribution >= 0.6 is 0 Å². The Morgan fingerprint density at radius 2 is 1.80 bits per heavy atom. The van der Waals surface area contributed by atoms with Gasteiger partial charge in [-0.05, 0) is 19.4 Å². The Kier molecular flexibility index (Phi) is 8.92. The van der Waals surface area contributed by atoms with E-state index in [1.807, 2.05) is 0 Å². The topological polar surface area (TPSA) is 12.0 Å². The van der Waals surface area contributed by atoms with Crippen molar-refractivity contribution in [1.29, 1.82) is 0 Å². The third-order valence-corrected chi connectivity index (χ3v) is 1.52. The molecule has 1 nitrogen and oxygen atoms in total. The molecule has 0 aromatic rings. The van der Waals surface area contributed by atoms with Gasteiger partial charge in [0.25, 0.3) is 0 Å². The van der Waals surface area contributed by atoms with Gasteiger partial charge in [-0.3, -0.25) is 0 Å². The maximum Gasteiger partial charge on any atom is 0.0221 e. The van der Waals surface area contributed by atoms with Crippen LogP contribution in [0.3, 0.4) is 0 Å². The Morgan fingerprint density at radius 3 is 2.40 bits per heavy atom. The van der Waals surface area contributed by atoms with Crippen LogP contribution in [-0.4, -0.2) is 6.54 Å². The molecule has 0 aromatic carbocycles. The maximum atomic E-state index is 3.30. The highest BCUT2D eigenvalue weighted by molar-refractivity contribution is 4.60. The van der Waals surface area contributed by atoms with Crippen LogP contribution in [0.5, 0.6) is 0 Å².